The van der Waals surface area contributed by atoms with E-state index in [1.54, 1.807) is 12.1 Å². The monoisotopic (exact) mass is 208 g/mol. The normalized spacial score (nSPS) is 23.4. The van der Waals surface area contributed by atoms with Crippen molar-refractivity contribution in [1.29, 1.82) is 0 Å². The molecule has 1 aromatic rings. The van der Waals surface area contributed by atoms with E-state index in [0.717, 1.165) is 19.7 Å². The number of rotatable bonds is 3. The molecule has 2 heterocycles. The predicted molar refractivity (Wildman–Crippen MR) is 53.6 cm³/mol. The van der Waals surface area contributed by atoms with Gasteiger partial charge in [0.1, 0.15) is 18.4 Å². The largest absolute Gasteiger partial charge is 0.471 e. The highest BCUT2D eigenvalue weighted by atomic mass is 16.5. The average molecular weight is 208 g/mol. The molecule has 1 aliphatic heterocycles. The lowest BCUT2D eigenvalue weighted by Crippen LogP contribution is -2.46. The Hall–Kier alpha value is -1.20. The van der Waals surface area contributed by atoms with Gasteiger partial charge in [-0.05, 0) is 13.0 Å². The summed E-state index contributed by atoms with van der Waals surface area (Å²) in [4.78, 5) is 0. The van der Waals surface area contributed by atoms with Crippen LogP contribution in [-0.2, 0) is 4.74 Å². The van der Waals surface area contributed by atoms with Gasteiger partial charge in [-0.25, -0.2) is 0 Å². The van der Waals surface area contributed by atoms with E-state index in [-0.39, 0.29) is 12.2 Å². The molecule has 0 aromatic carbocycles. The Balaban J connectivity index is 1.88. The fraction of sp³-hybridized carbons (Fsp3) is 0.600. The molecule has 0 aliphatic carbocycles. The second kappa shape index (κ2) is 5.04. The summed E-state index contributed by atoms with van der Waals surface area (Å²) in [6.45, 7) is 4.42. The molecule has 15 heavy (non-hydrogen) atoms. The molecule has 0 amide bonds. The first-order chi connectivity index (χ1) is 7.36. The molecule has 1 saturated heterocycles. The molecule has 2 atom stereocenters. The van der Waals surface area contributed by atoms with E-state index in [9.17, 15) is 0 Å². The third-order valence-electron chi connectivity index (χ3n) is 2.29. The van der Waals surface area contributed by atoms with Gasteiger partial charge in [-0.15, -0.1) is 10.2 Å². The first kappa shape index (κ1) is 10.3. The van der Waals surface area contributed by atoms with Gasteiger partial charge >= 0.3 is 0 Å². The zero-order chi connectivity index (χ0) is 10.5. The van der Waals surface area contributed by atoms with E-state index in [0.29, 0.717) is 5.88 Å². The van der Waals surface area contributed by atoms with Crippen LogP contribution in [0.15, 0.2) is 12.1 Å². The first-order valence-electron chi connectivity index (χ1n) is 5.05. The molecule has 0 spiro atoms. The van der Waals surface area contributed by atoms with Crippen LogP contribution >= 0.6 is 0 Å². The van der Waals surface area contributed by atoms with Gasteiger partial charge in [0.2, 0.25) is 5.88 Å². The number of hydrogen-bond donors (Lipinski definition) is 1. The van der Waals surface area contributed by atoms with Crippen LogP contribution in [-0.4, -0.2) is 42.1 Å². The highest BCUT2D eigenvalue weighted by Gasteiger charge is 2.22. The lowest BCUT2D eigenvalue weighted by Gasteiger charge is -2.28. The van der Waals surface area contributed by atoms with Crippen molar-refractivity contribution in [1.82, 2.24) is 15.5 Å². The van der Waals surface area contributed by atoms with Crippen LogP contribution in [0.3, 0.4) is 0 Å². The van der Waals surface area contributed by atoms with E-state index in [1.807, 2.05) is 6.92 Å². The van der Waals surface area contributed by atoms with Gasteiger partial charge in [-0.1, -0.05) is 0 Å². The van der Waals surface area contributed by atoms with Crippen LogP contribution in [0.4, 0.5) is 0 Å². The van der Waals surface area contributed by atoms with Crippen LogP contribution in [0, 0.1) is 6.20 Å². The zero-order valence-electron chi connectivity index (χ0n) is 8.64. The van der Waals surface area contributed by atoms with E-state index in [4.69, 9.17) is 9.47 Å². The molecule has 5 heteroatoms. The number of ether oxygens (including phenoxy) is 2. The van der Waals surface area contributed by atoms with Gasteiger partial charge in [0.15, 0.2) is 0 Å². The van der Waals surface area contributed by atoms with Crippen LogP contribution in [0.25, 0.3) is 0 Å². The molecule has 1 N–H and O–H groups in total. The summed E-state index contributed by atoms with van der Waals surface area (Å²) in [5, 5.41) is 10.7. The van der Waals surface area contributed by atoms with Crippen molar-refractivity contribution >= 4 is 0 Å². The maximum Gasteiger partial charge on any atom is 0.233 e. The smallest absolute Gasteiger partial charge is 0.233 e. The number of hydrogen-bond acceptors (Lipinski definition) is 5. The highest BCUT2D eigenvalue weighted by Crippen LogP contribution is 2.10. The quantitative estimate of drug-likeness (QED) is 0.759. The fourth-order valence-corrected chi connectivity index (χ4v) is 1.47. The number of nitrogens with zero attached hydrogens (tertiary/aromatic N) is 2. The maximum absolute atomic E-state index is 5.60. The van der Waals surface area contributed by atoms with Crippen LogP contribution in [0.5, 0.6) is 5.88 Å². The second-order valence-corrected chi connectivity index (χ2v) is 3.44. The summed E-state index contributed by atoms with van der Waals surface area (Å²) in [7, 11) is 0. The van der Waals surface area contributed by atoms with Crippen LogP contribution in [0.2, 0.25) is 0 Å². The average Bonchev–Trinajstić information content (AvgIpc) is 2.31. The second-order valence-electron chi connectivity index (χ2n) is 3.44. The zero-order valence-corrected chi connectivity index (χ0v) is 8.64. The Bertz CT molecular complexity index is 288. The molecular formula is C10H14N3O2. The Morgan fingerprint density at radius 1 is 1.73 bits per heavy atom. The summed E-state index contributed by atoms with van der Waals surface area (Å²) in [5.74, 6) is 0.510. The first-order valence-corrected chi connectivity index (χ1v) is 5.05. The van der Waals surface area contributed by atoms with Crippen molar-refractivity contribution in [2.75, 3.05) is 19.7 Å². The molecule has 2 unspecified atom stereocenters. The summed E-state index contributed by atoms with van der Waals surface area (Å²) < 4.78 is 11.2. The predicted octanol–water partition coefficient (Wildman–Crippen LogP) is 0.0325. The minimum absolute atomic E-state index is 0.0329. The summed E-state index contributed by atoms with van der Waals surface area (Å²) in [6, 6.07) is 3.41. The van der Waals surface area contributed by atoms with E-state index < -0.39 is 0 Å². The lowest BCUT2D eigenvalue weighted by atomic mass is 10.2. The van der Waals surface area contributed by atoms with Crippen LogP contribution in [0.1, 0.15) is 6.92 Å². The summed E-state index contributed by atoms with van der Waals surface area (Å²) in [5.41, 5.74) is 0. The standard InChI is InChI=1S/C10H14N3O2/c1-8(9-7-11-5-6-14-9)15-10-3-2-4-12-13-10/h2-3,8-9,11H,5-7H2,1H3. The Morgan fingerprint density at radius 3 is 3.33 bits per heavy atom. The van der Waals surface area contributed by atoms with E-state index in [2.05, 4.69) is 21.7 Å². The van der Waals surface area contributed by atoms with Gasteiger partial charge in [0.25, 0.3) is 0 Å². The molecule has 5 nitrogen and oxygen atoms in total. The van der Waals surface area contributed by atoms with Gasteiger partial charge in [0, 0.05) is 19.2 Å². The third kappa shape index (κ3) is 2.87. The van der Waals surface area contributed by atoms with Gasteiger partial charge in [0.05, 0.1) is 6.61 Å². The molecule has 1 aliphatic rings. The molecule has 2 rings (SSSR count). The molecule has 1 radical (unpaired) electrons. The number of aromatic nitrogens is 2. The minimum atomic E-state index is -0.0329. The molecule has 0 bridgehead atoms. The van der Waals surface area contributed by atoms with Crippen molar-refractivity contribution < 1.29 is 9.47 Å². The van der Waals surface area contributed by atoms with Crippen molar-refractivity contribution in [2.24, 2.45) is 0 Å². The molecule has 81 valence electrons. The maximum atomic E-state index is 5.60. The Morgan fingerprint density at radius 2 is 2.67 bits per heavy atom. The Kier molecular flexibility index (Phi) is 3.47. The third-order valence-corrected chi connectivity index (χ3v) is 2.29. The number of morpholine rings is 1. The lowest BCUT2D eigenvalue weighted by molar-refractivity contribution is -0.0365. The van der Waals surface area contributed by atoms with Crippen molar-refractivity contribution in [3.05, 3.63) is 18.3 Å². The van der Waals surface area contributed by atoms with Crippen LogP contribution < -0.4 is 10.1 Å². The van der Waals surface area contributed by atoms with Gasteiger partial charge in [-0.2, -0.15) is 0 Å². The summed E-state index contributed by atoms with van der Waals surface area (Å²) in [6.07, 6.45) is 2.64. The highest BCUT2D eigenvalue weighted by molar-refractivity contribution is 5.05. The van der Waals surface area contributed by atoms with Crippen molar-refractivity contribution in [3.63, 3.8) is 0 Å². The SMILES string of the molecule is CC(Oc1cc[c]nn1)C1CNCCO1. The van der Waals surface area contributed by atoms with Crippen molar-refractivity contribution in [2.45, 2.75) is 19.1 Å². The molecular weight excluding hydrogens is 194 g/mol. The minimum Gasteiger partial charge on any atom is -0.471 e. The van der Waals surface area contributed by atoms with E-state index >= 15 is 0 Å². The molecule has 1 fully saturated rings. The topological polar surface area (TPSA) is 56.3 Å². The van der Waals surface area contributed by atoms with Crippen molar-refractivity contribution in [3.8, 4) is 5.88 Å². The van der Waals surface area contributed by atoms with Gasteiger partial charge < -0.3 is 14.8 Å². The summed E-state index contributed by atoms with van der Waals surface area (Å²) >= 11 is 0. The van der Waals surface area contributed by atoms with Gasteiger partial charge in [-0.3, -0.25) is 0 Å². The Labute approximate surface area is 88.8 Å². The fourth-order valence-electron chi connectivity index (χ4n) is 1.47. The number of nitrogens with one attached hydrogen (secondary N) is 1. The van der Waals surface area contributed by atoms with E-state index in [1.165, 1.54) is 0 Å². The molecule has 0 saturated carbocycles. The molecule has 1 aromatic heterocycles.